The molecule has 0 aliphatic heterocycles. The number of anilines is 3. The Morgan fingerprint density at radius 3 is 2.20 bits per heavy atom. The summed E-state index contributed by atoms with van der Waals surface area (Å²) >= 11 is 0. The highest BCUT2D eigenvalue weighted by atomic mass is 16.2. The lowest BCUT2D eigenvalue weighted by Crippen LogP contribution is -2.26. The number of hydrogen-bond donors (Lipinski definition) is 2. The number of hydrogen-bond acceptors (Lipinski definition) is 5. The third kappa shape index (κ3) is 4.81. The Balaban J connectivity index is 1.25. The van der Waals surface area contributed by atoms with Gasteiger partial charge in [0.25, 0.3) is 5.56 Å². The van der Waals surface area contributed by atoms with Crippen LogP contribution in [0.4, 0.5) is 17.1 Å². The molecule has 3 aromatic carbocycles. The molecule has 2 aromatic heterocycles. The lowest BCUT2D eigenvalue weighted by Gasteiger charge is -2.11. The molecule has 2 N–H and O–H groups in total. The molecular formula is C27H24N6O2. The van der Waals surface area contributed by atoms with E-state index in [4.69, 9.17) is 0 Å². The first kappa shape index (κ1) is 22.1. The quantitative estimate of drug-likeness (QED) is 0.365. The molecule has 0 aliphatic rings. The summed E-state index contributed by atoms with van der Waals surface area (Å²) in [5.41, 5.74) is 3.73. The zero-order valence-corrected chi connectivity index (χ0v) is 19.2. The van der Waals surface area contributed by atoms with Crippen molar-refractivity contribution in [2.45, 2.75) is 19.9 Å². The molecular weight excluding hydrogens is 440 g/mol. The van der Waals surface area contributed by atoms with Crippen LogP contribution in [0, 0.1) is 6.92 Å². The second kappa shape index (κ2) is 9.64. The van der Waals surface area contributed by atoms with Crippen molar-refractivity contribution in [2.24, 2.45) is 0 Å². The highest BCUT2D eigenvalue weighted by Gasteiger charge is 2.15. The first-order valence-corrected chi connectivity index (χ1v) is 11.3. The van der Waals surface area contributed by atoms with E-state index in [-0.39, 0.29) is 24.4 Å². The van der Waals surface area contributed by atoms with E-state index in [1.54, 1.807) is 11.6 Å². The standard InChI is InChI=1S/C27H24N6O2/c1-19-29-26-24(18-28-33(26)23-10-6-3-7-11-23)27(35)32(19)17-16-25(34)31-22-14-12-21(13-15-22)30-20-8-4-2-5-9-20/h2-15,18,30H,16-17H2,1H3,(H,31,34). The second-order valence-electron chi connectivity index (χ2n) is 8.11. The number of nitrogens with one attached hydrogen (secondary N) is 2. The SMILES string of the molecule is Cc1nc2c(cnn2-c2ccccc2)c(=O)n1CCC(=O)Nc1ccc(Nc2ccccc2)cc1. The van der Waals surface area contributed by atoms with Crippen molar-refractivity contribution < 1.29 is 4.79 Å². The summed E-state index contributed by atoms with van der Waals surface area (Å²) < 4.78 is 3.17. The maximum atomic E-state index is 13.1. The summed E-state index contributed by atoms with van der Waals surface area (Å²) in [6.07, 6.45) is 1.67. The van der Waals surface area contributed by atoms with Crippen LogP contribution >= 0.6 is 0 Å². The molecule has 5 rings (SSSR count). The van der Waals surface area contributed by atoms with Gasteiger partial charge in [-0.3, -0.25) is 14.2 Å². The van der Waals surface area contributed by atoms with Gasteiger partial charge < -0.3 is 10.6 Å². The number of aromatic nitrogens is 4. The van der Waals surface area contributed by atoms with Crippen LogP contribution in [0.25, 0.3) is 16.7 Å². The summed E-state index contributed by atoms with van der Waals surface area (Å²) in [6.45, 7) is 1.99. The summed E-state index contributed by atoms with van der Waals surface area (Å²) in [6, 6.07) is 26.9. The van der Waals surface area contributed by atoms with E-state index >= 15 is 0 Å². The Morgan fingerprint density at radius 1 is 0.857 bits per heavy atom. The zero-order valence-electron chi connectivity index (χ0n) is 19.2. The lowest BCUT2D eigenvalue weighted by atomic mass is 10.2. The zero-order chi connectivity index (χ0) is 24.2. The lowest BCUT2D eigenvalue weighted by molar-refractivity contribution is -0.116. The van der Waals surface area contributed by atoms with Crippen LogP contribution in [-0.2, 0) is 11.3 Å². The van der Waals surface area contributed by atoms with E-state index in [0.717, 1.165) is 17.1 Å². The van der Waals surface area contributed by atoms with Crippen LogP contribution in [-0.4, -0.2) is 25.2 Å². The van der Waals surface area contributed by atoms with E-state index in [9.17, 15) is 9.59 Å². The maximum absolute atomic E-state index is 13.1. The number of benzene rings is 3. The summed E-state index contributed by atoms with van der Waals surface area (Å²) in [4.78, 5) is 30.2. The van der Waals surface area contributed by atoms with Gasteiger partial charge >= 0.3 is 0 Å². The Kier molecular flexibility index (Phi) is 6.09. The largest absolute Gasteiger partial charge is 0.356 e. The topological polar surface area (TPSA) is 93.8 Å². The third-order valence-electron chi connectivity index (χ3n) is 5.67. The predicted molar refractivity (Wildman–Crippen MR) is 137 cm³/mol. The van der Waals surface area contributed by atoms with Crippen LogP contribution in [0.3, 0.4) is 0 Å². The van der Waals surface area contributed by atoms with Crippen molar-refractivity contribution >= 4 is 34.0 Å². The van der Waals surface area contributed by atoms with Crippen LogP contribution in [0.5, 0.6) is 0 Å². The minimum atomic E-state index is -0.209. The first-order valence-electron chi connectivity index (χ1n) is 11.3. The molecule has 0 saturated carbocycles. The smallest absolute Gasteiger partial charge is 0.264 e. The van der Waals surface area contributed by atoms with Gasteiger partial charge in [0.1, 0.15) is 11.2 Å². The molecule has 0 fully saturated rings. The number of carbonyl (C=O) groups excluding carboxylic acids is 1. The fraction of sp³-hybridized carbons (Fsp3) is 0.111. The molecule has 0 saturated heterocycles. The fourth-order valence-corrected chi connectivity index (χ4v) is 3.89. The number of aryl methyl sites for hydroxylation is 1. The van der Waals surface area contributed by atoms with Gasteiger partial charge in [0.15, 0.2) is 5.65 Å². The summed E-state index contributed by atoms with van der Waals surface area (Å²) in [7, 11) is 0. The Hall–Kier alpha value is -4.72. The average Bonchev–Trinajstić information content (AvgIpc) is 3.30. The van der Waals surface area contributed by atoms with Crippen molar-refractivity contribution in [3.05, 3.63) is 107 Å². The van der Waals surface area contributed by atoms with Gasteiger partial charge in [-0.15, -0.1) is 0 Å². The molecule has 0 radical (unpaired) electrons. The minimum absolute atomic E-state index is 0.144. The van der Waals surface area contributed by atoms with E-state index in [2.05, 4.69) is 20.7 Å². The average molecular weight is 465 g/mol. The molecule has 0 spiro atoms. The molecule has 1 amide bonds. The van der Waals surface area contributed by atoms with Crippen molar-refractivity contribution in [1.82, 2.24) is 19.3 Å². The van der Waals surface area contributed by atoms with Gasteiger partial charge in [-0.25, -0.2) is 9.67 Å². The Bertz CT molecular complexity index is 1520. The third-order valence-corrected chi connectivity index (χ3v) is 5.67. The summed E-state index contributed by atoms with van der Waals surface area (Å²) in [5, 5.41) is 11.0. The molecule has 174 valence electrons. The Morgan fingerprint density at radius 2 is 1.49 bits per heavy atom. The molecule has 8 heteroatoms. The van der Waals surface area contributed by atoms with Crippen molar-refractivity contribution in [1.29, 1.82) is 0 Å². The maximum Gasteiger partial charge on any atom is 0.264 e. The van der Waals surface area contributed by atoms with Crippen LogP contribution in [0.2, 0.25) is 0 Å². The normalized spacial score (nSPS) is 10.9. The molecule has 0 unspecified atom stereocenters. The van der Waals surface area contributed by atoms with Gasteiger partial charge in [-0.05, 0) is 55.5 Å². The van der Waals surface area contributed by atoms with Gasteiger partial charge in [0.2, 0.25) is 5.91 Å². The number of para-hydroxylation sites is 2. The highest BCUT2D eigenvalue weighted by Crippen LogP contribution is 2.19. The Labute approximate surface area is 201 Å². The van der Waals surface area contributed by atoms with Gasteiger partial charge in [0.05, 0.1) is 11.9 Å². The summed E-state index contributed by atoms with van der Waals surface area (Å²) in [5.74, 6) is 0.351. The fourth-order valence-electron chi connectivity index (χ4n) is 3.89. The van der Waals surface area contributed by atoms with E-state index in [0.29, 0.717) is 22.5 Å². The number of rotatable bonds is 7. The molecule has 0 atom stereocenters. The first-order chi connectivity index (χ1) is 17.1. The predicted octanol–water partition coefficient (Wildman–Crippen LogP) is 4.66. The van der Waals surface area contributed by atoms with Gasteiger partial charge in [-0.1, -0.05) is 36.4 Å². The molecule has 0 bridgehead atoms. The molecule has 2 heterocycles. The monoisotopic (exact) mass is 464 g/mol. The molecule has 5 aromatic rings. The van der Waals surface area contributed by atoms with Crippen LogP contribution in [0.1, 0.15) is 12.2 Å². The van der Waals surface area contributed by atoms with Gasteiger partial charge in [0, 0.05) is 30.0 Å². The molecule has 0 aliphatic carbocycles. The number of amides is 1. The number of fused-ring (bicyclic) bond motifs is 1. The molecule has 8 nitrogen and oxygen atoms in total. The second-order valence-corrected chi connectivity index (χ2v) is 8.11. The number of carbonyl (C=O) groups is 1. The van der Waals surface area contributed by atoms with E-state index < -0.39 is 0 Å². The minimum Gasteiger partial charge on any atom is -0.356 e. The highest BCUT2D eigenvalue weighted by molar-refractivity contribution is 5.91. The van der Waals surface area contributed by atoms with Crippen molar-refractivity contribution in [3.63, 3.8) is 0 Å². The van der Waals surface area contributed by atoms with Crippen molar-refractivity contribution in [3.8, 4) is 5.69 Å². The van der Waals surface area contributed by atoms with E-state index in [1.807, 2.05) is 84.9 Å². The van der Waals surface area contributed by atoms with Crippen LogP contribution < -0.4 is 16.2 Å². The number of nitrogens with zero attached hydrogens (tertiary/aromatic N) is 4. The molecule has 35 heavy (non-hydrogen) atoms. The van der Waals surface area contributed by atoms with E-state index in [1.165, 1.54) is 10.8 Å². The van der Waals surface area contributed by atoms with Crippen LogP contribution in [0.15, 0.2) is 95.9 Å². The van der Waals surface area contributed by atoms with Gasteiger partial charge in [-0.2, -0.15) is 5.10 Å². The van der Waals surface area contributed by atoms with Crippen molar-refractivity contribution in [2.75, 3.05) is 10.6 Å².